The summed E-state index contributed by atoms with van der Waals surface area (Å²) in [6.45, 7) is 1.96. The Hall–Kier alpha value is -1.10. The smallest absolute Gasteiger partial charge is 0.306 e. The predicted molar refractivity (Wildman–Crippen MR) is 54.0 cm³/mol. The maximum atomic E-state index is 10.9. The lowest BCUT2D eigenvalue weighted by atomic mass is 10.3. The Morgan fingerprint density at radius 1 is 1.71 bits per heavy atom. The van der Waals surface area contributed by atoms with Gasteiger partial charge in [-0.25, -0.2) is 9.97 Å². The molecule has 1 heterocycles. The van der Waals surface area contributed by atoms with Crippen LogP contribution in [0.2, 0.25) is 0 Å². The Labute approximate surface area is 87.1 Å². The molecule has 5 heteroatoms. The van der Waals surface area contributed by atoms with Gasteiger partial charge in [0.2, 0.25) is 0 Å². The van der Waals surface area contributed by atoms with Crippen LogP contribution in [-0.2, 0) is 9.53 Å². The molecular formula is C9H12N2O2S. The van der Waals surface area contributed by atoms with Crippen molar-refractivity contribution in [2.24, 2.45) is 0 Å². The topological polar surface area (TPSA) is 52.1 Å². The molecule has 0 fully saturated rings. The summed E-state index contributed by atoms with van der Waals surface area (Å²) in [6, 6.07) is 1.82. The molecule has 0 aromatic carbocycles. The first kappa shape index (κ1) is 11.0. The molecule has 1 atom stereocenters. The van der Waals surface area contributed by atoms with Gasteiger partial charge in [-0.3, -0.25) is 4.79 Å². The number of hydrogen-bond acceptors (Lipinski definition) is 5. The monoisotopic (exact) mass is 212 g/mol. The first-order valence-electron chi connectivity index (χ1n) is 4.22. The average Bonchev–Trinajstić information content (AvgIpc) is 2.19. The molecule has 1 rings (SSSR count). The fraction of sp³-hybridized carbons (Fsp3) is 0.444. The van der Waals surface area contributed by atoms with Gasteiger partial charge >= 0.3 is 5.97 Å². The minimum atomic E-state index is -0.195. The van der Waals surface area contributed by atoms with Crippen LogP contribution in [0.1, 0.15) is 13.3 Å². The zero-order chi connectivity index (χ0) is 10.4. The molecular weight excluding hydrogens is 200 g/mol. The van der Waals surface area contributed by atoms with E-state index in [4.69, 9.17) is 0 Å². The van der Waals surface area contributed by atoms with Gasteiger partial charge in [-0.05, 0) is 6.07 Å². The normalized spacial score (nSPS) is 12.1. The van der Waals surface area contributed by atoms with Crippen LogP contribution in [0, 0.1) is 0 Å². The molecule has 4 nitrogen and oxygen atoms in total. The van der Waals surface area contributed by atoms with Gasteiger partial charge in [0.25, 0.3) is 0 Å². The van der Waals surface area contributed by atoms with Crippen LogP contribution < -0.4 is 0 Å². The molecule has 0 aliphatic heterocycles. The lowest BCUT2D eigenvalue weighted by Crippen LogP contribution is -2.08. The Balaban J connectivity index is 2.41. The molecule has 0 aliphatic carbocycles. The summed E-state index contributed by atoms with van der Waals surface area (Å²) in [5, 5.41) is 1.04. The maximum absolute atomic E-state index is 10.9. The van der Waals surface area contributed by atoms with Crippen molar-refractivity contribution in [3.63, 3.8) is 0 Å². The molecule has 0 spiro atoms. The van der Waals surface area contributed by atoms with Crippen molar-refractivity contribution in [2.45, 2.75) is 23.6 Å². The van der Waals surface area contributed by atoms with E-state index in [1.165, 1.54) is 25.2 Å². The van der Waals surface area contributed by atoms with Crippen molar-refractivity contribution in [1.82, 2.24) is 9.97 Å². The van der Waals surface area contributed by atoms with Crippen molar-refractivity contribution >= 4 is 17.7 Å². The number of hydrogen-bond donors (Lipinski definition) is 0. The van der Waals surface area contributed by atoms with Crippen LogP contribution in [0.25, 0.3) is 0 Å². The summed E-state index contributed by atoms with van der Waals surface area (Å²) >= 11 is 1.54. The van der Waals surface area contributed by atoms with Crippen LogP contribution >= 0.6 is 11.8 Å². The van der Waals surface area contributed by atoms with Crippen LogP contribution in [0.4, 0.5) is 0 Å². The van der Waals surface area contributed by atoms with Crippen molar-refractivity contribution < 1.29 is 9.53 Å². The molecule has 1 unspecified atom stereocenters. The molecule has 0 saturated carbocycles. The molecule has 0 radical (unpaired) electrons. The molecule has 0 bridgehead atoms. The summed E-state index contributed by atoms with van der Waals surface area (Å²) in [5.74, 6) is -0.195. The molecule has 1 aromatic rings. The van der Waals surface area contributed by atoms with E-state index in [9.17, 15) is 4.79 Å². The quantitative estimate of drug-likeness (QED) is 0.430. The van der Waals surface area contributed by atoms with Gasteiger partial charge in [0.15, 0.2) is 0 Å². The Kier molecular flexibility index (Phi) is 4.39. The number of carbonyl (C=O) groups is 1. The molecule has 14 heavy (non-hydrogen) atoms. The second-order valence-corrected chi connectivity index (χ2v) is 4.22. The molecule has 1 aromatic heterocycles. The Bertz CT molecular complexity index is 292. The maximum Gasteiger partial charge on any atom is 0.306 e. The number of rotatable bonds is 4. The second kappa shape index (κ2) is 5.59. The predicted octanol–water partition coefficient (Wildman–Crippen LogP) is 1.52. The highest BCUT2D eigenvalue weighted by atomic mass is 32.2. The van der Waals surface area contributed by atoms with Gasteiger partial charge in [-0.1, -0.05) is 6.92 Å². The largest absolute Gasteiger partial charge is 0.469 e. The standard InChI is InChI=1S/C9H12N2O2S/c1-7(5-9(12)13-2)14-8-3-4-10-6-11-8/h3-4,6-7H,5H2,1-2H3. The second-order valence-electron chi connectivity index (χ2n) is 2.76. The third-order valence-corrected chi connectivity index (χ3v) is 2.61. The highest BCUT2D eigenvalue weighted by Crippen LogP contribution is 2.22. The van der Waals surface area contributed by atoms with E-state index < -0.39 is 0 Å². The first-order chi connectivity index (χ1) is 6.72. The fourth-order valence-electron chi connectivity index (χ4n) is 0.914. The van der Waals surface area contributed by atoms with Crippen LogP contribution in [0.15, 0.2) is 23.6 Å². The number of carbonyl (C=O) groups excluding carboxylic acids is 1. The Morgan fingerprint density at radius 2 is 2.50 bits per heavy atom. The van der Waals surface area contributed by atoms with Crippen molar-refractivity contribution in [3.05, 3.63) is 18.6 Å². The summed E-state index contributed by atoms with van der Waals surface area (Å²) in [5.41, 5.74) is 0. The molecule has 0 N–H and O–H groups in total. The summed E-state index contributed by atoms with van der Waals surface area (Å²) in [7, 11) is 1.39. The van der Waals surface area contributed by atoms with E-state index in [0.29, 0.717) is 6.42 Å². The van der Waals surface area contributed by atoms with E-state index in [-0.39, 0.29) is 11.2 Å². The van der Waals surface area contributed by atoms with Gasteiger partial charge < -0.3 is 4.74 Å². The number of methoxy groups -OCH3 is 1. The van der Waals surface area contributed by atoms with Gasteiger partial charge in [0.1, 0.15) is 6.33 Å². The number of aromatic nitrogens is 2. The van der Waals surface area contributed by atoms with Gasteiger partial charge in [0.05, 0.1) is 18.6 Å². The molecule has 0 aliphatic rings. The SMILES string of the molecule is COC(=O)CC(C)Sc1ccncn1. The molecule has 76 valence electrons. The number of ether oxygens (including phenoxy) is 1. The highest BCUT2D eigenvalue weighted by molar-refractivity contribution is 7.99. The summed E-state index contributed by atoms with van der Waals surface area (Å²) < 4.78 is 4.57. The highest BCUT2D eigenvalue weighted by Gasteiger charge is 2.10. The lowest BCUT2D eigenvalue weighted by Gasteiger charge is -2.07. The van der Waals surface area contributed by atoms with Crippen LogP contribution in [0.3, 0.4) is 0 Å². The van der Waals surface area contributed by atoms with Gasteiger partial charge in [-0.2, -0.15) is 0 Å². The van der Waals surface area contributed by atoms with E-state index in [2.05, 4.69) is 14.7 Å². The third kappa shape index (κ3) is 3.74. The van der Waals surface area contributed by atoms with Crippen LogP contribution in [-0.4, -0.2) is 28.3 Å². The first-order valence-corrected chi connectivity index (χ1v) is 5.10. The van der Waals surface area contributed by atoms with E-state index in [0.717, 1.165) is 5.03 Å². The zero-order valence-corrected chi connectivity index (χ0v) is 8.95. The number of esters is 1. The Morgan fingerprint density at radius 3 is 3.07 bits per heavy atom. The van der Waals surface area contributed by atoms with Crippen molar-refractivity contribution in [3.8, 4) is 0 Å². The summed E-state index contributed by atoms with van der Waals surface area (Å²) in [4.78, 5) is 18.8. The number of thioether (sulfide) groups is 1. The van der Waals surface area contributed by atoms with E-state index in [1.54, 1.807) is 6.20 Å². The van der Waals surface area contributed by atoms with E-state index in [1.807, 2.05) is 13.0 Å². The zero-order valence-electron chi connectivity index (χ0n) is 8.14. The van der Waals surface area contributed by atoms with Crippen molar-refractivity contribution in [1.29, 1.82) is 0 Å². The fourth-order valence-corrected chi connectivity index (χ4v) is 1.79. The minimum Gasteiger partial charge on any atom is -0.469 e. The average molecular weight is 212 g/mol. The molecule has 0 saturated heterocycles. The molecule has 0 amide bonds. The lowest BCUT2D eigenvalue weighted by molar-refractivity contribution is -0.140. The summed E-state index contributed by atoms with van der Waals surface area (Å²) in [6.07, 6.45) is 3.57. The van der Waals surface area contributed by atoms with Crippen LogP contribution in [0.5, 0.6) is 0 Å². The third-order valence-electron chi connectivity index (χ3n) is 1.56. The minimum absolute atomic E-state index is 0.164. The number of nitrogens with zero attached hydrogens (tertiary/aromatic N) is 2. The van der Waals surface area contributed by atoms with Crippen molar-refractivity contribution in [2.75, 3.05) is 7.11 Å². The van der Waals surface area contributed by atoms with E-state index >= 15 is 0 Å². The van der Waals surface area contributed by atoms with Gasteiger partial charge in [-0.15, -0.1) is 11.8 Å². The van der Waals surface area contributed by atoms with Gasteiger partial charge in [0, 0.05) is 11.4 Å².